The second-order valence-electron chi connectivity index (χ2n) is 6.01. The molecule has 0 aliphatic carbocycles. The number of aryl methyl sites for hydroxylation is 2. The molecule has 0 fully saturated rings. The average Bonchev–Trinajstić information content (AvgIpc) is 2.91. The molecule has 0 aliphatic heterocycles. The van der Waals surface area contributed by atoms with E-state index in [9.17, 15) is 4.79 Å². The Morgan fingerprint density at radius 1 is 1.22 bits per heavy atom. The van der Waals surface area contributed by atoms with Gasteiger partial charge in [-0.1, -0.05) is 37.6 Å². The minimum absolute atomic E-state index is 0.180. The fourth-order valence-electron chi connectivity index (χ4n) is 2.69. The smallest absolute Gasteiger partial charge is 0.304 e. The van der Waals surface area contributed by atoms with Crippen molar-refractivity contribution in [2.75, 3.05) is 6.54 Å². The molecule has 23 heavy (non-hydrogen) atoms. The number of hydrogen-bond donors (Lipinski definition) is 1. The topological polar surface area (TPSA) is 40.5 Å². The van der Waals surface area contributed by atoms with E-state index in [0.717, 1.165) is 25.9 Å². The number of carboxylic acid groups (broad SMARTS) is 1. The van der Waals surface area contributed by atoms with Crippen molar-refractivity contribution in [3.05, 3.63) is 57.3 Å². The summed E-state index contributed by atoms with van der Waals surface area (Å²) in [7, 11) is 0. The fraction of sp³-hybridized carbons (Fsp3) is 0.421. The van der Waals surface area contributed by atoms with Crippen molar-refractivity contribution >= 4 is 17.3 Å². The first-order chi connectivity index (χ1) is 11.1. The molecule has 0 radical (unpaired) electrons. The summed E-state index contributed by atoms with van der Waals surface area (Å²) in [5, 5.41) is 11.1. The van der Waals surface area contributed by atoms with Crippen LogP contribution in [0.5, 0.6) is 0 Å². The van der Waals surface area contributed by atoms with Crippen molar-refractivity contribution in [2.45, 2.75) is 46.2 Å². The maximum Gasteiger partial charge on any atom is 0.304 e. The fourth-order valence-corrected chi connectivity index (χ4v) is 3.61. The molecule has 0 amide bonds. The third-order valence-electron chi connectivity index (χ3n) is 3.74. The van der Waals surface area contributed by atoms with E-state index in [0.29, 0.717) is 6.54 Å². The first-order valence-electron chi connectivity index (χ1n) is 8.12. The van der Waals surface area contributed by atoms with Crippen LogP contribution in [0.3, 0.4) is 0 Å². The van der Waals surface area contributed by atoms with E-state index >= 15 is 0 Å². The van der Waals surface area contributed by atoms with Crippen LogP contribution >= 0.6 is 11.3 Å². The molecule has 1 N–H and O–H groups in total. The summed E-state index contributed by atoms with van der Waals surface area (Å²) in [6.45, 7) is 6.45. The highest BCUT2D eigenvalue weighted by molar-refractivity contribution is 7.10. The number of nitrogens with zero attached hydrogens (tertiary/aromatic N) is 1. The van der Waals surface area contributed by atoms with Gasteiger partial charge in [-0.3, -0.25) is 9.69 Å². The maximum absolute atomic E-state index is 10.9. The van der Waals surface area contributed by atoms with Crippen LogP contribution in [0.15, 0.2) is 35.7 Å². The van der Waals surface area contributed by atoms with Crippen LogP contribution in [0.2, 0.25) is 0 Å². The highest BCUT2D eigenvalue weighted by Gasteiger charge is 2.11. The maximum atomic E-state index is 10.9. The van der Waals surface area contributed by atoms with Gasteiger partial charge in [0, 0.05) is 24.5 Å². The molecule has 3 nitrogen and oxygen atoms in total. The molecule has 0 aliphatic rings. The Kier molecular flexibility index (Phi) is 6.81. The summed E-state index contributed by atoms with van der Waals surface area (Å²) < 4.78 is 0. The Hall–Kier alpha value is -1.65. The van der Waals surface area contributed by atoms with Crippen LogP contribution in [0.1, 0.15) is 41.3 Å². The molecule has 0 spiro atoms. The lowest BCUT2D eigenvalue weighted by Crippen LogP contribution is -2.25. The highest BCUT2D eigenvalue weighted by atomic mass is 32.1. The predicted molar refractivity (Wildman–Crippen MR) is 95.9 cm³/mol. The Morgan fingerprint density at radius 2 is 2.00 bits per heavy atom. The lowest BCUT2D eigenvalue weighted by atomic mass is 10.1. The quantitative estimate of drug-likeness (QED) is 0.736. The van der Waals surface area contributed by atoms with E-state index in [4.69, 9.17) is 5.11 Å². The number of carbonyl (C=O) groups is 1. The van der Waals surface area contributed by atoms with Crippen molar-refractivity contribution in [2.24, 2.45) is 0 Å². The third-order valence-corrected chi connectivity index (χ3v) is 4.78. The zero-order valence-electron chi connectivity index (χ0n) is 13.9. The van der Waals surface area contributed by atoms with Crippen molar-refractivity contribution in [1.82, 2.24) is 4.90 Å². The first-order valence-corrected chi connectivity index (χ1v) is 9.00. The van der Waals surface area contributed by atoms with Crippen LogP contribution in [0.4, 0.5) is 0 Å². The van der Waals surface area contributed by atoms with Crippen molar-refractivity contribution < 1.29 is 9.90 Å². The Labute approximate surface area is 142 Å². The zero-order chi connectivity index (χ0) is 16.7. The van der Waals surface area contributed by atoms with Gasteiger partial charge in [-0.2, -0.15) is 0 Å². The molecule has 0 unspecified atom stereocenters. The van der Waals surface area contributed by atoms with Crippen LogP contribution in [0, 0.1) is 6.92 Å². The van der Waals surface area contributed by atoms with Gasteiger partial charge in [0.25, 0.3) is 0 Å². The van der Waals surface area contributed by atoms with Gasteiger partial charge in [0.05, 0.1) is 6.42 Å². The monoisotopic (exact) mass is 331 g/mol. The van der Waals surface area contributed by atoms with E-state index in [1.807, 2.05) is 0 Å². The first kappa shape index (κ1) is 17.7. The van der Waals surface area contributed by atoms with Crippen molar-refractivity contribution in [3.8, 4) is 0 Å². The van der Waals surface area contributed by atoms with E-state index in [-0.39, 0.29) is 6.42 Å². The van der Waals surface area contributed by atoms with Crippen LogP contribution in [-0.2, 0) is 24.3 Å². The Balaban J connectivity index is 2.06. The summed E-state index contributed by atoms with van der Waals surface area (Å²) in [6.07, 6.45) is 2.41. The second kappa shape index (κ2) is 8.85. The summed E-state index contributed by atoms with van der Waals surface area (Å²) in [4.78, 5) is 14.4. The van der Waals surface area contributed by atoms with Gasteiger partial charge >= 0.3 is 5.97 Å². The second-order valence-corrected chi connectivity index (χ2v) is 7.01. The molecule has 2 rings (SSSR count). The van der Waals surface area contributed by atoms with Crippen LogP contribution < -0.4 is 0 Å². The molecule has 124 valence electrons. The van der Waals surface area contributed by atoms with Crippen molar-refractivity contribution in [1.29, 1.82) is 0 Å². The van der Waals surface area contributed by atoms with E-state index < -0.39 is 5.97 Å². The number of thiophene rings is 1. The van der Waals surface area contributed by atoms with E-state index in [2.05, 4.69) is 54.5 Å². The normalized spacial score (nSPS) is 11.1. The van der Waals surface area contributed by atoms with Crippen molar-refractivity contribution in [3.63, 3.8) is 0 Å². The molecule has 1 aromatic carbocycles. The number of aliphatic carboxylic acids is 1. The molecule has 2 aromatic rings. The molecule has 0 bridgehead atoms. The predicted octanol–water partition coefficient (Wildman–Crippen LogP) is 4.49. The summed E-state index contributed by atoms with van der Waals surface area (Å²) in [6, 6.07) is 10.8. The molecule has 0 saturated carbocycles. The van der Waals surface area contributed by atoms with Gasteiger partial charge < -0.3 is 5.11 Å². The summed E-state index contributed by atoms with van der Waals surface area (Å²) in [5.74, 6) is -0.739. The minimum Gasteiger partial charge on any atom is -0.481 e. The standard InChI is InChI=1S/C19H25NO2S/c1-3-5-16-6-4-7-17(11-16)12-20(9-8-19(21)22)13-18-10-15(2)14-23-18/h4,6-7,10-11,14H,3,5,8-9,12-13H2,1-2H3,(H,21,22). The van der Waals surface area contributed by atoms with Gasteiger partial charge in [0.1, 0.15) is 0 Å². The molecule has 0 saturated heterocycles. The van der Waals surface area contributed by atoms with E-state index in [1.54, 1.807) is 11.3 Å². The lowest BCUT2D eigenvalue weighted by molar-refractivity contribution is -0.137. The molecule has 0 atom stereocenters. The van der Waals surface area contributed by atoms with Crippen LogP contribution in [-0.4, -0.2) is 22.5 Å². The number of benzene rings is 1. The highest BCUT2D eigenvalue weighted by Crippen LogP contribution is 2.18. The van der Waals surface area contributed by atoms with Gasteiger partial charge in [-0.05, 0) is 41.5 Å². The minimum atomic E-state index is -0.739. The lowest BCUT2D eigenvalue weighted by Gasteiger charge is -2.21. The molecular weight excluding hydrogens is 306 g/mol. The number of carboxylic acids is 1. The SMILES string of the molecule is CCCc1cccc(CN(CCC(=O)O)Cc2cc(C)cs2)c1. The average molecular weight is 331 g/mol. The van der Waals surface area contributed by atoms with Gasteiger partial charge in [0.2, 0.25) is 0 Å². The molecule has 1 aromatic heterocycles. The van der Waals surface area contributed by atoms with Gasteiger partial charge in [0.15, 0.2) is 0 Å². The van der Waals surface area contributed by atoms with E-state index in [1.165, 1.54) is 21.6 Å². The van der Waals surface area contributed by atoms with Crippen LogP contribution in [0.25, 0.3) is 0 Å². The number of hydrogen-bond acceptors (Lipinski definition) is 3. The summed E-state index contributed by atoms with van der Waals surface area (Å²) in [5.41, 5.74) is 3.89. The van der Waals surface area contributed by atoms with Gasteiger partial charge in [-0.15, -0.1) is 11.3 Å². The molecule has 1 heterocycles. The Bertz CT molecular complexity index is 636. The summed E-state index contributed by atoms with van der Waals surface area (Å²) >= 11 is 1.74. The van der Waals surface area contributed by atoms with Gasteiger partial charge in [-0.25, -0.2) is 0 Å². The number of rotatable bonds is 9. The Morgan fingerprint density at radius 3 is 2.65 bits per heavy atom. The largest absolute Gasteiger partial charge is 0.481 e. The zero-order valence-corrected chi connectivity index (χ0v) is 14.7. The third kappa shape index (κ3) is 6.16. The molecule has 4 heteroatoms. The molecular formula is C19H25NO2S.